The van der Waals surface area contributed by atoms with Crippen LogP contribution in [0, 0.1) is 0 Å². The Balaban J connectivity index is 2.06. The molecule has 98 valence electrons. The molecule has 1 aliphatic rings. The van der Waals surface area contributed by atoms with Gasteiger partial charge in [-0.2, -0.15) is 0 Å². The van der Waals surface area contributed by atoms with Crippen LogP contribution >= 0.6 is 11.3 Å². The summed E-state index contributed by atoms with van der Waals surface area (Å²) in [7, 11) is 0. The topological polar surface area (TPSA) is 70.5 Å². The maximum Gasteiger partial charge on any atom is 0.326 e. The Bertz CT molecular complexity index is 458. The van der Waals surface area contributed by atoms with Crippen molar-refractivity contribution in [1.29, 1.82) is 0 Å². The number of amides is 1. The fraction of sp³-hybridized carbons (Fsp3) is 0.583. The molecule has 1 aromatic rings. The van der Waals surface area contributed by atoms with Gasteiger partial charge in [-0.3, -0.25) is 4.79 Å². The highest BCUT2D eigenvalue weighted by Gasteiger charge is 2.36. The van der Waals surface area contributed by atoms with Crippen molar-refractivity contribution in [1.82, 2.24) is 9.88 Å². The van der Waals surface area contributed by atoms with Crippen molar-refractivity contribution in [2.45, 2.75) is 45.2 Å². The molecule has 0 radical (unpaired) electrons. The molecule has 0 aromatic carbocycles. The summed E-state index contributed by atoms with van der Waals surface area (Å²) in [6, 6.07) is -0.686. The van der Waals surface area contributed by atoms with Crippen molar-refractivity contribution in [2.24, 2.45) is 0 Å². The van der Waals surface area contributed by atoms with Gasteiger partial charge in [-0.05, 0) is 19.3 Å². The number of aryl methyl sites for hydroxylation is 1. The second-order valence-electron chi connectivity index (χ2n) is 4.40. The smallest absolute Gasteiger partial charge is 0.326 e. The Morgan fingerprint density at radius 3 is 3.11 bits per heavy atom. The van der Waals surface area contributed by atoms with Gasteiger partial charge in [-0.15, -0.1) is 11.3 Å². The summed E-state index contributed by atoms with van der Waals surface area (Å²) in [5, 5.41) is 12.0. The summed E-state index contributed by atoms with van der Waals surface area (Å²) in [4.78, 5) is 28.6. The number of hydrogen-bond acceptors (Lipinski definition) is 4. The zero-order valence-corrected chi connectivity index (χ0v) is 11.1. The van der Waals surface area contributed by atoms with Crippen molar-refractivity contribution in [3.8, 4) is 0 Å². The lowest BCUT2D eigenvalue weighted by atomic mass is 10.2. The second kappa shape index (κ2) is 5.48. The Morgan fingerprint density at radius 2 is 2.44 bits per heavy atom. The molecule has 0 bridgehead atoms. The van der Waals surface area contributed by atoms with Crippen LogP contribution in [0.3, 0.4) is 0 Å². The SMILES string of the molecule is CCCc1nc(CN2C(=O)CCC2C(=O)O)cs1. The van der Waals surface area contributed by atoms with Gasteiger partial charge in [0.05, 0.1) is 17.2 Å². The number of thiazole rings is 1. The summed E-state index contributed by atoms with van der Waals surface area (Å²) in [6.07, 6.45) is 2.69. The van der Waals surface area contributed by atoms with Gasteiger partial charge < -0.3 is 10.0 Å². The molecular weight excluding hydrogens is 252 g/mol. The minimum absolute atomic E-state index is 0.0903. The minimum Gasteiger partial charge on any atom is -0.480 e. The normalized spacial score (nSPS) is 19.5. The lowest BCUT2D eigenvalue weighted by Crippen LogP contribution is -2.37. The molecule has 5 nitrogen and oxygen atoms in total. The number of nitrogens with zero attached hydrogens (tertiary/aromatic N) is 2. The number of aliphatic carboxylic acids is 1. The van der Waals surface area contributed by atoms with Crippen LogP contribution in [0.1, 0.15) is 36.9 Å². The average molecular weight is 268 g/mol. The molecule has 0 aliphatic carbocycles. The third-order valence-corrected chi connectivity index (χ3v) is 3.97. The molecule has 2 heterocycles. The molecule has 1 saturated heterocycles. The largest absolute Gasteiger partial charge is 0.480 e. The summed E-state index contributed by atoms with van der Waals surface area (Å²) in [5.41, 5.74) is 0.796. The summed E-state index contributed by atoms with van der Waals surface area (Å²) >= 11 is 1.57. The molecule has 0 saturated carbocycles. The number of carboxylic acids is 1. The van der Waals surface area contributed by atoms with Gasteiger partial charge >= 0.3 is 5.97 Å². The van der Waals surface area contributed by atoms with Gasteiger partial charge in [0.25, 0.3) is 0 Å². The molecular formula is C12H16N2O3S. The van der Waals surface area contributed by atoms with Gasteiger partial charge in [0, 0.05) is 11.8 Å². The Morgan fingerprint density at radius 1 is 1.67 bits per heavy atom. The molecule has 1 unspecified atom stereocenters. The van der Waals surface area contributed by atoms with Crippen LogP contribution in [0.15, 0.2) is 5.38 Å². The summed E-state index contributed by atoms with van der Waals surface area (Å²) in [6.45, 7) is 2.40. The number of aromatic nitrogens is 1. The summed E-state index contributed by atoms with van der Waals surface area (Å²) in [5.74, 6) is -1.02. The third-order valence-electron chi connectivity index (χ3n) is 3.01. The fourth-order valence-electron chi connectivity index (χ4n) is 2.11. The number of carbonyl (C=O) groups excluding carboxylic acids is 1. The van der Waals surface area contributed by atoms with Gasteiger partial charge in [-0.1, -0.05) is 6.92 Å². The Kier molecular flexibility index (Phi) is 3.96. The molecule has 0 spiro atoms. The van der Waals surface area contributed by atoms with Gasteiger partial charge in [0.15, 0.2) is 0 Å². The maximum atomic E-state index is 11.7. The van der Waals surface area contributed by atoms with Crippen molar-refractivity contribution in [3.63, 3.8) is 0 Å². The molecule has 1 aromatic heterocycles. The maximum absolute atomic E-state index is 11.7. The lowest BCUT2D eigenvalue weighted by molar-refractivity contribution is -0.146. The standard InChI is InChI=1S/C12H16N2O3S/c1-2-3-10-13-8(7-18-10)6-14-9(12(16)17)4-5-11(14)15/h7,9H,2-6H2,1H3,(H,16,17). The first-order chi connectivity index (χ1) is 8.61. The van der Waals surface area contributed by atoms with E-state index in [2.05, 4.69) is 11.9 Å². The molecule has 1 aliphatic heterocycles. The van der Waals surface area contributed by atoms with Crippen LogP contribution < -0.4 is 0 Å². The van der Waals surface area contributed by atoms with Crippen LogP contribution in [-0.2, 0) is 22.6 Å². The molecule has 2 rings (SSSR count). The van der Waals surface area contributed by atoms with Crippen LogP contribution in [0.4, 0.5) is 0 Å². The number of carboxylic acid groups (broad SMARTS) is 1. The first kappa shape index (κ1) is 13.0. The van der Waals surface area contributed by atoms with E-state index in [-0.39, 0.29) is 5.91 Å². The highest BCUT2D eigenvalue weighted by atomic mass is 32.1. The first-order valence-electron chi connectivity index (χ1n) is 6.07. The van der Waals surface area contributed by atoms with E-state index in [0.717, 1.165) is 23.5 Å². The van der Waals surface area contributed by atoms with E-state index in [4.69, 9.17) is 5.11 Å². The highest BCUT2D eigenvalue weighted by molar-refractivity contribution is 7.09. The van der Waals surface area contributed by atoms with Gasteiger partial charge in [0.2, 0.25) is 5.91 Å². The average Bonchev–Trinajstić information content (AvgIpc) is 2.89. The molecule has 1 atom stereocenters. The van der Waals surface area contributed by atoms with Gasteiger partial charge in [0.1, 0.15) is 6.04 Å². The van der Waals surface area contributed by atoms with E-state index in [9.17, 15) is 9.59 Å². The van der Waals surface area contributed by atoms with Gasteiger partial charge in [-0.25, -0.2) is 9.78 Å². The number of hydrogen-bond donors (Lipinski definition) is 1. The van der Waals surface area contributed by atoms with Crippen molar-refractivity contribution in [2.75, 3.05) is 0 Å². The second-order valence-corrected chi connectivity index (χ2v) is 5.34. The van der Waals surface area contributed by atoms with Crippen molar-refractivity contribution >= 4 is 23.2 Å². The lowest BCUT2D eigenvalue weighted by Gasteiger charge is -2.20. The zero-order chi connectivity index (χ0) is 13.1. The van der Waals surface area contributed by atoms with E-state index in [1.165, 1.54) is 4.90 Å². The summed E-state index contributed by atoms with van der Waals surface area (Å²) < 4.78 is 0. The quantitative estimate of drug-likeness (QED) is 0.882. The fourth-order valence-corrected chi connectivity index (χ4v) is 3.00. The Hall–Kier alpha value is -1.43. The molecule has 1 fully saturated rings. The molecule has 18 heavy (non-hydrogen) atoms. The van der Waals surface area contributed by atoms with E-state index in [1.54, 1.807) is 11.3 Å². The molecule has 1 amide bonds. The van der Waals surface area contributed by atoms with Crippen LogP contribution in [0.25, 0.3) is 0 Å². The molecule has 1 N–H and O–H groups in total. The van der Waals surface area contributed by atoms with E-state index in [0.29, 0.717) is 19.4 Å². The first-order valence-corrected chi connectivity index (χ1v) is 6.95. The molecule has 6 heteroatoms. The number of rotatable bonds is 5. The van der Waals surface area contributed by atoms with E-state index < -0.39 is 12.0 Å². The number of likely N-dealkylation sites (tertiary alicyclic amines) is 1. The number of carbonyl (C=O) groups is 2. The predicted octanol–water partition coefficient (Wildman–Crippen LogP) is 1.67. The van der Waals surface area contributed by atoms with Crippen molar-refractivity contribution < 1.29 is 14.7 Å². The van der Waals surface area contributed by atoms with Crippen molar-refractivity contribution in [3.05, 3.63) is 16.1 Å². The highest BCUT2D eigenvalue weighted by Crippen LogP contribution is 2.22. The zero-order valence-electron chi connectivity index (χ0n) is 10.3. The Labute approximate surface area is 109 Å². The van der Waals surface area contributed by atoms with E-state index >= 15 is 0 Å². The van der Waals surface area contributed by atoms with E-state index in [1.807, 2.05) is 5.38 Å². The van der Waals surface area contributed by atoms with Crippen LogP contribution in [0.5, 0.6) is 0 Å². The minimum atomic E-state index is -0.926. The van der Waals surface area contributed by atoms with Crippen LogP contribution in [-0.4, -0.2) is 32.9 Å². The monoisotopic (exact) mass is 268 g/mol. The predicted molar refractivity (Wildman–Crippen MR) is 67.3 cm³/mol. The van der Waals surface area contributed by atoms with Crippen LogP contribution in [0.2, 0.25) is 0 Å². The third kappa shape index (κ3) is 2.69.